The third-order valence-corrected chi connectivity index (χ3v) is 5.27. The summed E-state index contributed by atoms with van der Waals surface area (Å²) in [5.41, 5.74) is 1.89. The van der Waals surface area contributed by atoms with Gasteiger partial charge < -0.3 is 4.74 Å². The van der Waals surface area contributed by atoms with E-state index in [1.165, 1.54) is 44.3 Å². The molecule has 1 unspecified atom stereocenters. The van der Waals surface area contributed by atoms with Gasteiger partial charge in [-0.25, -0.2) is 0 Å². The Kier molecular flexibility index (Phi) is 4.11. The molecule has 1 atom stereocenters. The van der Waals surface area contributed by atoms with Gasteiger partial charge in [-0.1, -0.05) is 30.3 Å². The molecule has 0 radical (unpaired) electrons. The highest BCUT2D eigenvalue weighted by Crippen LogP contribution is 2.40. The van der Waals surface area contributed by atoms with Crippen molar-refractivity contribution in [1.29, 1.82) is 0 Å². The Bertz CT molecular complexity index is 454. The van der Waals surface area contributed by atoms with Gasteiger partial charge in [0.05, 0.1) is 11.7 Å². The summed E-state index contributed by atoms with van der Waals surface area (Å²) in [6, 6.07) is 10.8. The average Bonchev–Trinajstić information content (AvgIpc) is 2.82. The van der Waals surface area contributed by atoms with E-state index in [-0.39, 0.29) is 5.60 Å². The number of nitrogens with zero attached hydrogens (tertiary/aromatic N) is 1. The normalized spacial score (nSPS) is 26.3. The number of piperidine rings is 1. The van der Waals surface area contributed by atoms with E-state index in [0.29, 0.717) is 11.6 Å². The van der Waals surface area contributed by atoms with Gasteiger partial charge in [0.2, 0.25) is 0 Å². The zero-order valence-electron chi connectivity index (χ0n) is 13.8. The van der Waals surface area contributed by atoms with Crippen LogP contribution in [0.15, 0.2) is 30.3 Å². The highest BCUT2D eigenvalue weighted by Gasteiger charge is 2.43. The standard InChI is InChI=1S/C19H29NO/c1-18(2,3)20-13-11-19(12-14-20)10-9-17(21-19)15-16-7-5-4-6-8-16/h4-8,17H,9-15H2,1-3H3. The van der Waals surface area contributed by atoms with E-state index >= 15 is 0 Å². The molecule has 1 aromatic carbocycles. The predicted molar refractivity (Wildman–Crippen MR) is 87.5 cm³/mol. The molecule has 1 spiro atoms. The van der Waals surface area contributed by atoms with Gasteiger partial charge in [0.25, 0.3) is 0 Å². The van der Waals surface area contributed by atoms with Crippen LogP contribution in [0, 0.1) is 0 Å². The molecule has 2 heteroatoms. The van der Waals surface area contributed by atoms with Crippen molar-refractivity contribution in [2.24, 2.45) is 0 Å². The molecule has 2 heterocycles. The van der Waals surface area contributed by atoms with Crippen molar-refractivity contribution in [2.45, 2.75) is 70.1 Å². The highest BCUT2D eigenvalue weighted by atomic mass is 16.5. The van der Waals surface area contributed by atoms with Crippen LogP contribution >= 0.6 is 0 Å². The Hall–Kier alpha value is -0.860. The first kappa shape index (κ1) is 15.1. The van der Waals surface area contributed by atoms with E-state index in [0.717, 1.165) is 6.42 Å². The van der Waals surface area contributed by atoms with Gasteiger partial charge in [-0.2, -0.15) is 0 Å². The summed E-state index contributed by atoms with van der Waals surface area (Å²) in [4.78, 5) is 2.60. The first-order chi connectivity index (χ1) is 9.97. The van der Waals surface area contributed by atoms with E-state index < -0.39 is 0 Å². The molecular formula is C19H29NO. The summed E-state index contributed by atoms with van der Waals surface area (Å²) in [5, 5.41) is 0. The van der Waals surface area contributed by atoms with Crippen LogP contribution < -0.4 is 0 Å². The van der Waals surface area contributed by atoms with Crippen molar-refractivity contribution in [1.82, 2.24) is 4.90 Å². The number of hydrogen-bond donors (Lipinski definition) is 0. The fraction of sp³-hybridized carbons (Fsp3) is 0.684. The van der Waals surface area contributed by atoms with Gasteiger partial charge in [-0.15, -0.1) is 0 Å². The van der Waals surface area contributed by atoms with Crippen LogP contribution in [0.3, 0.4) is 0 Å². The lowest BCUT2D eigenvalue weighted by Crippen LogP contribution is -2.51. The number of hydrogen-bond acceptors (Lipinski definition) is 2. The minimum atomic E-state index is 0.182. The smallest absolute Gasteiger partial charge is 0.0711 e. The highest BCUT2D eigenvalue weighted by molar-refractivity contribution is 5.16. The van der Waals surface area contributed by atoms with Gasteiger partial charge in [-0.05, 0) is 58.4 Å². The van der Waals surface area contributed by atoms with E-state index in [1.807, 2.05) is 0 Å². The fourth-order valence-electron chi connectivity index (χ4n) is 3.87. The molecule has 2 saturated heterocycles. The van der Waals surface area contributed by atoms with Gasteiger partial charge in [0, 0.05) is 18.6 Å². The lowest BCUT2D eigenvalue weighted by atomic mass is 9.86. The minimum Gasteiger partial charge on any atom is -0.371 e. The van der Waals surface area contributed by atoms with Crippen LogP contribution in [0.2, 0.25) is 0 Å². The molecule has 0 aromatic heterocycles. The van der Waals surface area contributed by atoms with Gasteiger partial charge >= 0.3 is 0 Å². The van der Waals surface area contributed by atoms with Crippen LogP contribution in [-0.4, -0.2) is 35.2 Å². The van der Waals surface area contributed by atoms with E-state index in [4.69, 9.17) is 4.74 Å². The van der Waals surface area contributed by atoms with Crippen molar-refractivity contribution in [3.63, 3.8) is 0 Å². The molecule has 0 amide bonds. The Morgan fingerprint density at radius 2 is 1.76 bits per heavy atom. The van der Waals surface area contributed by atoms with E-state index in [2.05, 4.69) is 56.0 Å². The quantitative estimate of drug-likeness (QED) is 0.814. The van der Waals surface area contributed by atoms with Crippen molar-refractivity contribution < 1.29 is 4.74 Å². The second kappa shape index (κ2) is 5.73. The molecule has 2 fully saturated rings. The third-order valence-electron chi connectivity index (χ3n) is 5.27. The number of likely N-dealkylation sites (tertiary alicyclic amines) is 1. The summed E-state index contributed by atoms with van der Waals surface area (Å²) in [6.45, 7) is 9.32. The first-order valence-corrected chi connectivity index (χ1v) is 8.44. The van der Waals surface area contributed by atoms with Crippen LogP contribution in [0.4, 0.5) is 0 Å². The molecule has 2 aliphatic rings. The van der Waals surface area contributed by atoms with Crippen LogP contribution in [0.5, 0.6) is 0 Å². The zero-order chi connectivity index (χ0) is 14.9. The molecule has 21 heavy (non-hydrogen) atoms. The molecule has 2 aliphatic heterocycles. The Labute approximate surface area is 129 Å². The maximum absolute atomic E-state index is 6.53. The monoisotopic (exact) mass is 287 g/mol. The maximum Gasteiger partial charge on any atom is 0.0711 e. The maximum atomic E-state index is 6.53. The van der Waals surface area contributed by atoms with Crippen molar-refractivity contribution in [3.05, 3.63) is 35.9 Å². The Morgan fingerprint density at radius 1 is 1.10 bits per heavy atom. The zero-order valence-corrected chi connectivity index (χ0v) is 13.8. The topological polar surface area (TPSA) is 12.5 Å². The molecule has 1 aromatic rings. The molecule has 3 rings (SSSR count). The van der Waals surface area contributed by atoms with Crippen LogP contribution in [0.25, 0.3) is 0 Å². The summed E-state index contributed by atoms with van der Waals surface area (Å²) in [7, 11) is 0. The molecule has 116 valence electrons. The second-order valence-corrected chi connectivity index (χ2v) is 7.81. The summed E-state index contributed by atoms with van der Waals surface area (Å²) in [6.07, 6.45) is 6.39. The summed E-state index contributed by atoms with van der Waals surface area (Å²) in [5.74, 6) is 0. The van der Waals surface area contributed by atoms with E-state index in [1.54, 1.807) is 0 Å². The fourth-order valence-corrected chi connectivity index (χ4v) is 3.87. The molecule has 2 nitrogen and oxygen atoms in total. The van der Waals surface area contributed by atoms with E-state index in [9.17, 15) is 0 Å². The van der Waals surface area contributed by atoms with Gasteiger partial charge in [-0.3, -0.25) is 4.90 Å². The lowest BCUT2D eigenvalue weighted by Gasteiger charge is -2.45. The lowest BCUT2D eigenvalue weighted by molar-refractivity contribution is -0.0870. The number of benzene rings is 1. The van der Waals surface area contributed by atoms with Crippen molar-refractivity contribution >= 4 is 0 Å². The molecular weight excluding hydrogens is 258 g/mol. The van der Waals surface area contributed by atoms with Gasteiger partial charge in [0.15, 0.2) is 0 Å². The SMILES string of the molecule is CC(C)(C)N1CCC2(CCC(Cc3ccccc3)O2)CC1. The average molecular weight is 287 g/mol. The number of rotatable bonds is 2. The molecule has 0 N–H and O–H groups in total. The molecule has 0 aliphatic carbocycles. The molecule has 0 saturated carbocycles. The first-order valence-electron chi connectivity index (χ1n) is 8.44. The summed E-state index contributed by atoms with van der Waals surface area (Å²) >= 11 is 0. The van der Waals surface area contributed by atoms with Crippen molar-refractivity contribution in [2.75, 3.05) is 13.1 Å². The van der Waals surface area contributed by atoms with Crippen LogP contribution in [0.1, 0.15) is 52.0 Å². The van der Waals surface area contributed by atoms with Crippen molar-refractivity contribution in [3.8, 4) is 0 Å². The van der Waals surface area contributed by atoms with Crippen LogP contribution in [-0.2, 0) is 11.2 Å². The third kappa shape index (κ3) is 3.49. The van der Waals surface area contributed by atoms with Gasteiger partial charge in [0.1, 0.15) is 0 Å². The minimum absolute atomic E-state index is 0.182. The molecule has 0 bridgehead atoms. The number of ether oxygens (including phenoxy) is 1. The Morgan fingerprint density at radius 3 is 2.38 bits per heavy atom. The second-order valence-electron chi connectivity index (χ2n) is 7.81. The predicted octanol–water partition coefficient (Wildman–Crippen LogP) is 4.04. The largest absolute Gasteiger partial charge is 0.371 e. The summed E-state index contributed by atoms with van der Waals surface area (Å²) < 4.78 is 6.53. The Balaban J connectivity index is 1.55.